The lowest BCUT2D eigenvalue weighted by molar-refractivity contribution is -0.236. The Morgan fingerprint density at radius 2 is 2.09 bits per heavy atom. The molecule has 1 amide bonds. The third-order valence-corrected chi connectivity index (χ3v) is 5.51. The summed E-state index contributed by atoms with van der Waals surface area (Å²) in [5.41, 5.74) is 7.82. The Kier molecular flexibility index (Phi) is 5.99. The summed E-state index contributed by atoms with van der Waals surface area (Å²) in [7, 11) is 0. The van der Waals surface area contributed by atoms with E-state index in [0.717, 1.165) is 5.57 Å². The quantitative estimate of drug-likeness (QED) is 0.689. The molecule has 2 N–H and O–H groups in total. The maximum Gasteiger partial charge on any atom is 0.415 e. The number of halogens is 5. The number of hydrogen-bond donors (Lipinski definition) is 1. The first kappa shape index (κ1) is 22.3. The average Bonchev–Trinajstić information content (AvgIpc) is 3.23. The summed E-state index contributed by atoms with van der Waals surface area (Å²) >= 11 is 0. The van der Waals surface area contributed by atoms with E-state index in [9.17, 15) is 26.7 Å². The topological polar surface area (TPSA) is 85.7 Å². The molecular formula is C20H20F5N5O2. The number of morpholine rings is 1. The lowest BCUT2D eigenvalue weighted by atomic mass is 9.84. The highest BCUT2D eigenvalue weighted by Gasteiger charge is 2.43. The molecule has 0 bridgehead atoms. The minimum absolute atomic E-state index is 0.00305. The van der Waals surface area contributed by atoms with Crippen molar-refractivity contribution in [2.24, 2.45) is 10.7 Å². The zero-order chi connectivity index (χ0) is 23.0. The molecule has 3 heterocycles. The smallest absolute Gasteiger partial charge is 0.366 e. The van der Waals surface area contributed by atoms with Crippen molar-refractivity contribution < 1.29 is 31.5 Å². The Balaban J connectivity index is 1.57. The lowest BCUT2D eigenvalue weighted by Gasteiger charge is -2.35. The van der Waals surface area contributed by atoms with E-state index in [2.05, 4.69) is 10.1 Å². The van der Waals surface area contributed by atoms with Gasteiger partial charge in [0, 0.05) is 31.4 Å². The van der Waals surface area contributed by atoms with Crippen LogP contribution < -0.4 is 5.73 Å². The van der Waals surface area contributed by atoms with Crippen molar-refractivity contribution >= 4 is 17.2 Å². The molecule has 172 valence electrons. The maximum absolute atomic E-state index is 13.0. The standard InChI is InChI=1S/C20H20F5N5O2/c21-19(22)30-9-12(7-27-30)14-6-16(18(26)31)28-15-5-11(1-2-13(14)15)8-29-3-4-32-17(10-29)20(23,24)25/h1-2,6-7,9,15,17,19H,3-5,8,10H2,(H2,26,31). The monoisotopic (exact) mass is 457 g/mol. The van der Waals surface area contributed by atoms with Crippen LogP contribution in [0.1, 0.15) is 18.5 Å². The van der Waals surface area contributed by atoms with E-state index in [1.807, 2.05) is 0 Å². The van der Waals surface area contributed by atoms with Crippen molar-refractivity contribution in [3.05, 3.63) is 47.3 Å². The first-order chi connectivity index (χ1) is 15.1. The van der Waals surface area contributed by atoms with Gasteiger partial charge in [-0.25, -0.2) is 4.68 Å². The first-order valence-corrected chi connectivity index (χ1v) is 9.84. The third kappa shape index (κ3) is 4.65. The molecular weight excluding hydrogens is 437 g/mol. The van der Waals surface area contributed by atoms with E-state index >= 15 is 0 Å². The number of nitrogens with two attached hydrogens (primary N) is 1. The number of aromatic nitrogens is 2. The molecule has 1 aromatic rings. The molecule has 7 nitrogen and oxygen atoms in total. The SMILES string of the molecule is NC(=O)C1=NC2CC(CN3CCOC(C(F)(F)F)C3)=CC=C2C(c2cnn(C(F)F)c2)=C1. The minimum atomic E-state index is -4.43. The molecule has 2 aliphatic heterocycles. The van der Waals surface area contributed by atoms with Gasteiger partial charge in [0.15, 0.2) is 6.10 Å². The second-order valence-corrected chi connectivity index (χ2v) is 7.73. The van der Waals surface area contributed by atoms with Gasteiger partial charge in [-0.05, 0) is 23.6 Å². The Labute approximate surface area is 179 Å². The summed E-state index contributed by atoms with van der Waals surface area (Å²) in [6, 6.07) is -0.508. The Hall–Kier alpha value is -2.86. The van der Waals surface area contributed by atoms with Crippen LogP contribution in [0.5, 0.6) is 0 Å². The number of carbonyl (C=O) groups is 1. The molecule has 2 atom stereocenters. The third-order valence-electron chi connectivity index (χ3n) is 5.51. The summed E-state index contributed by atoms with van der Waals surface area (Å²) in [4.78, 5) is 17.8. The number of dihydropyridines is 1. The van der Waals surface area contributed by atoms with Gasteiger partial charge in [0.2, 0.25) is 0 Å². The summed E-state index contributed by atoms with van der Waals surface area (Å²) in [5.74, 6) is -0.764. The number of amides is 1. The van der Waals surface area contributed by atoms with Crippen LogP contribution in [0.25, 0.3) is 5.57 Å². The second kappa shape index (κ2) is 8.58. The van der Waals surface area contributed by atoms with Gasteiger partial charge in [-0.15, -0.1) is 0 Å². The molecule has 1 aliphatic carbocycles. The predicted octanol–water partition coefficient (Wildman–Crippen LogP) is 2.49. The number of aliphatic imine (C=N–C) groups is 1. The highest BCUT2D eigenvalue weighted by molar-refractivity contribution is 6.44. The number of hydrogen-bond acceptors (Lipinski definition) is 5. The van der Waals surface area contributed by atoms with Crippen molar-refractivity contribution in [1.29, 1.82) is 0 Å². The van der Waals surface area contributed by atoms with Gasteiger partial charge in [-0.2, -0.15) is 27.1 Å². The fraction of sp³-hybridized carbons (Fsp3) is 0.450. The van der Waals surface area contributed by atoms with Crippen LogP contribution in [0, 0.1) is 0 Å². The van der Waals surface area contributed by atoms with Gasteiger partial charge in [0.1, 0.15) is 5.71 Å². The zero-order valence-corrected chi connectivity index (χ0v) is 16.7. The summed E-state index contributed by atoms with van der Waals surface area (Å²) < 4.78 is 70.2. The number of rotatable bonds is 5. The molecule has 12 heteroatoms. The van der Waals surface area contributed by atoms with Gasteiger partial charge in [-0.3, -0.25) is 14.7 Å². The van der Waals surface area contributed by atoms with Crippen LogP contribution in [0.2, 0.25) is 0 Å². The normalized spacial score (nSPS) is 24.4. The van der Waals surface area contributed by atoms with E-state index in [1.165, 1.54) is 18.5 Å². The van der Waals surface area contributed by atoms with Gasteiger partial charge < -0.3 is 10.5 Å². The summed E-state index contributed by atoms with van der Waals surface area (Å²) in [6.07, 6.45) is 1.51. The molecule has 0 spiro atoms. The van der Waals surface area contributed by atoms with Crippen molar-refractivity contribution in [3.63, 3.8) is 0 Å². The maximum atomic E-state index is 13.0. The molecule has 0 aromatic carbocycles. The molecule has 4 rings (SSSR count). The van der Waals surface area contributed by atoms with Crippen LogP contribution in [-0.4, -0.2) is 70.9 Å². The van der Waals surface area contributed by atoms with Crippen LogP contribution in [0.4, 0.5) is 22.0 Å². The molecule has 1 aromatic heterocycles. The van der Waals surface area contributed by atoms with E-state index in [-0.39, 0.29) is 18.9 Å². The lowest BCUT2D eigenvalue weighted by Crippen LogP contribution is -2.49. The molecule has 0 saturated carbocycles. The van der Waals surface area contributed by atoms with E-state index in [0.29, 0.717) is 40.9 Å². The fourth-order valence-electron chi connectivity index (χ4n) is 3.97. The molecule has 32 heavy (non-hydrogen) atoms. The number of alkyl halides is 5. The van der Waals surface area contributed by atoms with Crippen LogP contribution >= 0.6 is 0 Å². The average molecular weight is 457 g/mol. The molecule has 3 aliphatic rings. The number of fused-ring (bicyclic) bond motifs is 1. The molecule has 1 saturated heterocycles. The van der Waals surface area contributed by atoms with E-state index in [1.54, 1.807) is 17.1 Å². The second-order valence-electron chi connectivity index (χ2n) is 7.73. The van der Waals surface area contributed by atoms with Crippen molar-refractivity contribution in [2.75, 3.05) is 26.2 Å². The number of carbonyl (C=O) groups excluding carboxylic acids is 1. The van der Waals surface area contributed by atoms with Crippen molar-refractivity contribution in [1.82, 2.24) is 14.7 Å². The van der Waals surface area contributed by atoms with Crippen molar-refractivity contribution in [3.8, 4) is 0 Å². The fourth-order valence-corrected chi connectivity index (χ4v) is 3.97. The van der Waals surface area contributed by atoms with Crippen molar-refractivity contribution in [2.45, 2.75) is 31.3 Å². The highest BCUT2D eigenvalue weighted by Crippen LogP contribution is 2.36. The Morgan fingerprint density at radius 3 is 2.75 bits per heavy atom. The number of allylic oxidation sites excluding steroid dienone is 2. The Morgan fingerprint density at radius 1 is 1.31 bits per heavy atom. The largest absolute Gasteiger partial charge is 0.415 e. The summed E-state index contributed by atoms with van der Waals surface area (Å²) in [5, 5.41) is 3.63. The molecule has 2 unspecified atom stereocenters. The van der Waals surface area contributed by atoms with Gasteiger partial charge >= 0.3 is 12.7 Å². The highest BCUT2D eigenvalue weighted by atomic mass is 19.4. The van der Waals surface area contributed by atoms with Gasteiger partial charge in [0.25, 0.3) is 5.91 Å². The van der Waals surface area contributed by atoms with Crippen LogP contribution in [0.15, 0.2) is 46.8 Å². The van der Waals surface area contributed by atoms with Crippen LogP contribution in [0.3, 0.4) is 0 Å². The number of nitrogens with zero attached hydrogens (tertiary/aromatic N) is 4. The van der Waals surface area contributed by atoms with Crippen LogP contribution in [-0.2, 0) is 9.53 Å². The van der Waals surface area contributed by atoms with E-state index < -0.39 is 30.8 Å². The van der Waals surface area contributed by atoms with Gasteiger partial charge in [0.05, 0.1) is 18.8 Å². The van der Waals surface area contributed by atoms with Gasteiger partial charge in [-0.1, -0.05) is 17.7 Å². The molecule has 1 fully saturated rings. The predicted molar refractivity (Wildman–Crippen MR) is 105 cm³/mol. The first-order valence-electron chi connectivity index (χ1n) is 9.84. The minimum Gasteiger partial charge on any atom is -0.366 e. The number of primary amides is 1. The Bertz CT molecular complexity index is 1020. The zero-order valence-electron chi connectivity index (χ0n) is 16.7. The van der Waals surface area contributed by atoms with E-state index in [4.69, 9.17) is 10.5 Å². The summed E-state index contributed by atoms with van der Waals surface area (Å²) in [6.45, 7) is -2.45. The number of ether oxygens (including phenoxy) is 1. The molecule has 0 radical (unpaired) electrons.